The minimum absolute atomic E-state index is 0.0687. The summed E-state index contributed by atoms with van der Waals surface area (Å²) in [5.74, 6) is 0.156. The van der Waals surface area contributed by atoms with Gasteiger partial charge in [-0.15, -0.1) is 0 Å². The summed E-state index contributed by atoms with van der Waals surface area (Å²) >= 11 is 0. The van der Waals surface area contributed by atoms with E-state index in [2.05, 4.69) is 19.2 Å². The van der Waals surface area contributed by atoms with Gasteiger partial charge in [0.1, 0.15) is 0 Å². The van der Waals surface area contributed by atoms with E-state index in [4.69, 9.17) is 0 Å². The summed E-state index contributed by atoms with van der Waals surface area (Å²) in [5, 5.41) is 13.0. The Bertz CT molecular complexity index is 442. The molecule has 1 aromatic carbocycles. The molecule has 0 aliphatic heterocycles. The highest BCUT2D eigenvalue weighted by atomic mass is 16.3. The fourth-order valence-corrected chi connectivity index (χ4v) is 3.09. The molecule has 2 atom stereocenters. The van der Waals surface area contributed by atoms with Gasteiger partial charge >= 0.3 is 0 Å². The van der Waals surface area contributed by atoms with Gasteiger partial charge in [-0.25, -0.2) is 0 Å². The third kappa shape index (κ3) is 3.60. The molecule has 0 saturated heterocycles. The van der Waals surface area contributed by atoms with E-state index in [1.54, 1.807) is 0 Å². The van der Waals surface area contributed by atoms with Crippen LogP contribution in [-0.4, -0.2) is 17.6 Å². The third-order valence-electron chi connectivity index (χ3n) is 4.48. The second-order valence-electron chi connectivity index (χ2n) is 6.46. The maximum Gasteiger partial charge on any atom is 0.223 e. The molecular formula is C17H25NO2. The minimum Gasteiger partial charge on any atom is -0.387 e. The maximum atomic E-state index is 12.3. The fourth-order valence-electron chi connectivity index (χ4n) is 3.09. The zero-order chi connectivity index (χ0) is 14.6. The third-order valence-corrected chi connectivity index (χ3v) is 4.48. The topological polar surface area (TPSA) is 49.3 Å². The van der Waals surface area contributed by atoms with Crippen molar-refractivity contribution < 1.29 is 9.90 Å². The van der Waals surface area contributed by atoms with Gasteiger partial charge in [0.2, 0.25) is 5.91 Å². The average Bonchev–Trinajstić information content (AvgIpc) is 2.45. The van der Waals surface area contributed by atoms with Crippen LogP contribution in [0.1, 0.15) is 51.2 Å². The van der Waals surface area contributed by atoms with Crippen LogP contribution in [0.2, 0.25) is 0 Å². The van der Waals surface area contributed by atoms with Crippen molar-refractivity contribution >= 4 is 5.91 Å². The van der Waals surface area contributed by atoms with Gasteiger partial charge in [0.05, 0.1) is 6.10 Å². The molecule has 1 amide bonds. The van der Waals surface area contributed by atoms with Crippen molar-refractivity contribution in [3.8, 4) is 0 Å². The fraction of sp³-hybridized carbons (Fsp3) is 0.588. The van der Waals surface area contributed by atoms with Crippen molar-refractivity contribution in [1.29, 1.82) is 0 Å². The van der Waals surface area contributed by atoms with E-state index < -0.39 is 6.10 Å². The molecule has 2 N–H and O–H groups in total. The molecule has 0 spiro atoms. The van der Waals surface area contributed by atoms with E-state index >= 15 is 0 Å². The van der Waals surface area contributed by atoms with E-state index in [1.165, 1.54) is 6.42 Å². The molecule has 3 nitrogen and oxygen atoms in total. The zero-order valence-electron chi connectivity index (χ0n) is 12.4. The Morgan fingerprint density at radius 3 is 2.70 bits per heavy atom. The normalized spacial score (nSPS) is 23.1. The first-order valence-electron chi connectivity index (χ1n) is 7.51. The zero-order valence-corrected chi connectivity index (χ0v) is 12.4. The van der Waals surface area contributed by atoms with Gasteiger partial charge in [0, 0.05) is 12.5 Å². The van der Waals surface area contributed by atoms with Crippen molar-refractivity contribution in [1.82, 2.24) is 5.32 Å². The first-order chi connectivity index (χ1) is 9.50. The van der Waals surface area contributed by atoms with Crippen molar-refractivity contribution in [2.75, 3.05) is 6.54 Å². The maximum absolute atomic E-state index is 12.3. The monoisotopic (exact) mass is 275 g/mol. The Labute approximate surface area is 121 Å². The Kier molecular flexibility index (Phi) is 4.81. The first kappa shape index (κ1) is 15.0. The van der Waals surface area contributed by atoms with Crippen molar-refractivity contribution in [3.63, 3.8) is 0 Å². The van der Waals surface area contributed by atoms with Gasteiger partial charge in [0.15, 0.2) is 0 Å². The number of hydrogen-bond acceptors (Lipinski definition) is 2. The van der Waals surface area contributed by atoms with E-state index in [0.717, 1.165) is 24.8 Å². The summed E-state index contributed by atoms with van der Waals surface area (Å²) in [5.41, 5.74) is 0.913. The largest absolute Gasteiger partial charge is 0.387 e. The van der Waals surface area contributed by atoms with Crippen LogP contribution in [0.4, 0.5) is 0 Å². The van der Waals surface area contributed by atoms with Crippen LogP contribution in [-0.2, 0) is 4.79 Å². The molecule has 1 aromatic rings. The summed E-state index contributed by atoms with van der Waals surface area (Å²) < 4.78 is 0. The van der Waals surface area contributed by atoms with Crippen LogP contribution in [0.25, 0.3) is 0 Å². The number of hydrogen-bond donors (Lipinski definition) is 2. The Morgan fingerprint density at radius 2 is 2.05 bits per heavy atom. The lowest BCUT2D eigenvalue weighted by molar-refractivity contribution is -0.130. The van der Waals surface area contributed by atoms with Gasteiger partial charge in [-0.2, -0.15) is 0 Å². The van der Waals surface area contributed by atoms with Gasteiger partial charge in [-0.1, -0.05) is 57.0 Å². The predicted octanol–water partition coefficient (Wildman–Crippen LogP) is 3.05. The van der Waals surface area contributed by atoms with Crippen molar-refractivity contribution in [3.05, 3.63) is 35.9 Å². The minimum atomic E-state index is -0.633. The molecule has 1 aliphatic rings. The molecule has 0 bridgehead atoms. The molecule has 0 aromatic heterocycles. The molecule has 1 saturated carbocycles. The summed E-state index contributed by atoms with van der Waals surface area (Å²) in [7, 11) is 0. The molecular weight excluding hydrogens is 250 g/mol. The van der Waals surface area contributed by atoms with E-state index in [0.29, 0.717) is 0 Å². The highest BCUT2D eigenvalue weighted by molar-refractivity contribution is 5.79. The van der Waals surface area contributed by atoms with Crippen LogP contribution in [0.5, 0.6) is 0 Å². The highest BCUT2D eigenvalue weighted by Gasteiger charge is 2.37. The quantitative estimate of drug-likeness (QED) is 0.887. The second kappa shape index (κ2) is 6.40. The van der Waals surface area contributed by atoms with E-state index in [-0.39, 0.29) is 23.8 Å². The van der Waals surface area contributed by atoms with Crippen LogP contribution in [0.15, 0.2) is 30.3 Å². The number of aliphatic hydroxyl groups is 1. The van der Waals surface area contributed by atoms with Crippen LogP contribution in [0, 0.1) is 11.3 Å². The first-order valence-corrected chi connectivity index (χ1v) is 7.51. The van der Waals surface area contributed by atoms with Gasteiger partial charge in [-0.3, -0.25) is 4.79 Å². The highest BCUT2D eigenvalue weighted by Crippen LogP contribution is 2.40. The van der Waals surface area contributed by atoms with Crippen molar-refractivity contribution in [2.24, 2.45) is 11.3 Å². The summed E-state index contributed by atoms with van der Waals surface area (Å²) in [4.78, 5) is 12.3. The van der Waals surface area contributed by atoms with Gasteiger partial charge in [-0.05, 0) is 23.8 Å². The molecule has 20 heavy (non-hydrogen) atoms. The SMILES string of the molecule is CC1(C)CCCCC1C(=O)NCC(O)c1ccccc1. The van der Waals surface area contributed by atoms with Crippen LogP contribution < -0.4 is 5.32 Å². The Hall–Kier alpha value is -1.35. The molecule has 0 heterocycles. The molecule has 2 unspecified atom stereocenters. The predicted molar refractivity (Wildman–Crippen MR) is 80.2 cm³/mol. The summed E-state index contributed by atoms with van der Waals surface area (Å²) in [6.45, 7) is 4.63. The molecule has 1 aliphatic carbocycles. The summed E-state index contributed by atoms with van der Waals surface area (Å²) in [6, 6.07) is 9.46. The van der Waals surface area contributed by atoms with Crippen molar-refractivity contribution in [2.45, 2.75) is 45.6 Å². The lowest BCUT2D eigenvalue weighted by Crippen LogP contribution is -2.42. The van der Waals surface area contributed by atoms with Crippen LogP contribution >= 0.6 is 0 Å². The molecule has 0 radical (unpaired) electrons. The molecule has 110 valence electrons. The van der Waals surface area contributed by atoms with E-state index in [9.17, 15) is 9.90 Å². The number of carbonyl (C=O) groups excluding carboxylic acids is 1. The summed E-state index contributed by atoms with van der Waals surface area (Å²) in [6.07, 6.45) is 3.77. The number of nitrogens with one attached hydrogen (secondary N) is 1. The number of carbonyl (C=O) groups is 1. The number of rotatable bonds is 4. The molecule has 2 rings (SSSR count). The average molecular weight is 275 g/mol. The number of amides is 1. The number of benzene rings is 1. The second-order valence-corrected chi connectivity index (χ2v) is 6.46. The standard InChI is InChI=1S/C17H25NO2/c1-17(2)11-7-6-10-14(17)16(20)18-12-15(19)13-8-4-3-5-9-13/h3-5,8-9,14-15,19H,6-7,10-12H2,1-2H3,(H,18,20). The van der Waals surface area contributed by atoms with Crippen LogP contribution in [0.3, 0.4) is 0 Å². The Balaban J connectivity index is 1.89. The molecule has 3 heteroatoms. The van der Waals surface area contributed by atoms with Gasteiger partial charge < -0.3 is 10.4 Å². The Morgan fingerprint density at radius 1 is 1.35 bits per heavy atom. The molecule has 1 fully saturated rings. The number of aliphatic hydroxyl groups excluding tert-OH is 1. The lowest BCUT2D eigenvalue weighted by atomic mass is 9.68. The van der Waals surface area contributed by atoms with Gasteiger partial charge in [0.25, 0.3) is 0 Å². The van der Waals surface area contributed by atoms with E-state index in [1.807, 2.05) is 30.3 Å². The lowest BCUT2D eigenvalue weighted by Gasteiger charge is -2.37. The smallest absolute Gasteiger partial charge is 0.223 e.